The van der Waals surface area contributed by atoms with Gasteiger partial charge in [-0.25, -0.2) is 4.39 Å². The van der Waals surface area contributed by atoms with Gasteiger partial charge in [0.25, 0.3) is 0 Å². The van der Waals surface area contributed by atoms with Crippen molar-refractivity contribution in [3.63, 3.8) is 0 Å². The lowest BCUT2D eigenvalue weighted by molar-refractivity contribution is -0.124. The molecule has 4 rings (SSSR count). The second kappa shape index (κ2) is 8.78. The van der Waals surface area contributed by atoms with Crippen molar-refractivity contribution in [2.45, 2.75) is 37.3 Å². The maximum absolute atomic E-state index is 13.6. The number of carbonyl (C=O) groups excluding carboxylic acids is 1. The maximum Gasteiger partial charge on any atom is 0.154 e. The van der Waals surface area contributed by atoms with E-state index in [1.54, 1.807) is 19.2 Å². The first-order chi connectivity index (χ1) is 15.0. The molecule has 2 fully saturated rings. The van der Waals surface area contributed by atoms with E-state index in [4.69, 9.17) is 4.74 Å². The lowest BCUT2D eigenvalue weighted by atomic mass is 9.61. The minimum Gasteiger partial charge on any atom is -0.496 e. The molecular formula is C25H27FN2O3. The lowest BCUT2D eigenvalue weighted by Crippen LogP contribution is -2.48. The molecule has 1 aliphatic heterocycles. The molecule has 1 saturated heterocycles. The summed E-state index contributed by atoms with van der Waals surface area (Å²) < 4.78 is 19.1. The summed E-state index contributed by atoms with van der Waals surface area (Å²) in [5.41, 5.74) is 0.146. The first-order valence-corrected chi connectivity index (χ1v) is 10.7. The van der Waals surface area contributed by atoms with E-state index < -0.39 is 11.6 Å². The number of rotatable bonds is 6. The Labute approximate surface area is 181 Å². The van der Waals surface area contributed by atoms with Crippen LogP contribution in [-0.4, -0.2) is 30.6 Å². The summed E-state index contributed by atoms with van der Waals surface area (Å²) in [7, 11) is 1.58. The van der Waals surface area contributed by atoms with Gasteiger partial charge in [-0.15, -0.1) is 0 Å². The standard InChI is InChI=1S/C25H27FN2O3/c1-31-23-8-3-2-7-20(23)25(30)14-17(9-10-27)12-19-21(25)15-28-24(19)22(29)13-16-5-4-6-18(26)11-16/h2-8,11,17,19,21,24,28,30H,9,12-15H2,1H3/t17-,19-,21-,24?,25-/m1/s1. The van der Waals surface area contributed by atoms with Crippen molar-refractivity contribution >= 4 is 5.78 Å². The van der Waals surface area contributed by atoms with Gasteiger partial charge in [0.15, 0.2) is 5.78 Å². The van der Waals surface area contributed by atoms with Crippen molar-refractivity contribution in [2.24, 2.45) is 17.8 Å². The average molecular weight is 423 g/mol. The van der Waals surface area contributed by atoms with Gasteiger partial charge >= 0.3 is 0 Å². The summed E-state index contributed by atoms with van der Waals surface area (Å²) in [6.07, 6.45) is 1.61. The molecule has 2 aliphatic rings. The van der Waals surface area contributed by atoms with Crippen LogP contribution in [0.3, 0.4) is 0 Å². The number of hydrogen-bond donors (Lipinski definition) is 2. The number of halogens is 1. The zero-order valence-electron chi connectivity index (χ0n) is 17.6. The number of ketones is 1. The SMILES string of the molecule is COc1ccccc1[C@]1(O)C[C@H](CC#N)C[C@H]2C(C(=O)Cc3cccc(F)c3)NC[C@H]21. The largest absolute Gasteiger partial charge is 0.496 e. The molecule has 0 radical (unpaired) electrons. The fraction of sp³-hybridized carbons (Fsp3) is 0.440. The molecule has 162 valence electrons. The van der Waals surface area contributed by atoms with Crippen LogP contribution in [0.15, 0.2) is 48.5 Å². The minimum atomic E-state index is -1.20. The predicted molar refractivity (Wildman–Crippen MR) is 114 cm³/mol. The van der Waals surface area contributed by atoms with Gasteiger partial charge in [-0.1, -0.05) is 30.3 Å². The third-order valence-corrected chi connectivity index (χ3v) is 6.89. The summed E-state index contributed by atoms with van der Waals surface area (Å²) in [5, 5.41) is 24.6. The summed E-state index contributed by atoms with van der Waals surface area (Å²) in [4.78, 5) is 13.2. The number of fused-ring (bicyclic) bond motifs is 1. The van der Waals surface area contributed by atoms with Crippen LogP contribution >= 0.6 is 0 Å². The van der Waals surface area contributed by atoms with Crippen LogP contribution in [0.4, 0.5) is 4.39 Å². The number of methoxy groups -OCH3 is 1. The van der Waals surface area contributed by atoms with E-state index in [1.807, 2.05) is 24.3 Å². The van der Waals surface area contributed by atoms with Crippen LogP contribution in [0.1, 0.15) is 30.4 Å². The zero-order chi connectivity index (χ0) is 22.0. The molecule has 2 aromatic rings. The molecule has 5 nitrogen and oxygen atoms in total. The molecule has 1 unspecified atom stereocenters. The Morgan fingerprint density at radius 1 is 1.32 bits per heavy atom. The van der Waals surface area contributed by atoms with Gasteiger partial charge in [0.1, 0.15) is 11.6 Å². The third kappa shape index (κ3) is 4.08. The molecule has 1 heterocycles. The van der Waals surface area contributed by atoms with Crippen molar-refractivity contribution < 1.29 is 19.0 Å². The van der Waals surface area contributed by atoms with Crippen molar-refractivity contribution in [1.29, 1.82) is 5.26 Å². The van der Waals surface area contributed by atoms with Crippen molar-refractivity contribution in [3.05, 3.63) is 65.5 Å². The first kappa shape index (κ1) is 21.5. The number of Topliss-reactive ketones (excluding diaryl/α,β-unsaturated/α-hetero) is 1. The molecule has 2 aromatic carbocycles. The van der Waals surface area contributed by atoms with E-state index in [0.717, 1.165) is 0 Å². The average Bonchev–Trinajstić information content (AvgIpc) is 3.19. The highest BCUT2D eigenvalue weighted by molar-refractivity contribution is 5.87. The molecule has 0 aromatic heterocycles. The van der Waals surface area contributed by atoms with Crippen LogP contribution in [-0.2, 0) is 16.8 Å². The highest BCUT2D eigenvalue weighted by atomic mass is 19.1. The van der Waals surface area contributed by atoms with Crippen molar-refractivity contribution in [3.8, 4) is 11.8 Å². The molecule has 6 heteroatoms. The number of hydrogen-bond acceptors (Lipinski definition) is 5. The van der Waals surface area contributed by atoms with Gasteiger partial charge in [-0.05, 0) is 48.4 Å². The van der Waals surface area contributed by atoms with Gasteiger partial charge in [0.05, 0.1) is 24.8 Å². The highest BCUT2D eigenvalue weighted by Gasteiger charge is 2.55. The molecule has 5 atom stereocenters. The van der Waals surface area contributed by atoms with E-state index in [0.29, 0.717) is 42.7 Å². The smallest absolute Gasteiger partial charge is 0.154 e. The Morgan fingerprint density at radius 2 is 2.13 bits per heavy atom. The normalized spacial score (nSPS) is 29.7. The molecule has 31 heavy (non-hydrogen) atoms. The lowest BCUT2D eigenvalue weighted by Gasteiger charge is -2.46. The molecule has 0 amide bonds. The van der Waals surface area contributed by atoms with Crippen LogP contribution in [0.5, 0.6) is 5.75 Å². The zero-order valence-corrected chi connectivity index (χ0v) is 17.6. The van der Waals surface area contributed by atoms with Crippen LogP contribution in [0.25, 0.3) is 0 Å². The number of carbonyl (C=O) groups is 1. The summed E-state index contributed by atoms with van der Waals surface area (Å²) in [6, 6.07) is 15.3. The number of aliphatic hydroxyl groups is 1. The van der Waals surface area contributed by atoms with Crippen LogP contribution < -0.4 is 10.1 Å². The second-order valence-electron chi connectivity index (χ2n) is 8.72. The van der Waals surface area contributed by atoms with E-state index in [2.05, 4.69) is 11.4 Å². The summed E-state index contributed by atoms with van der Waals surface area (Å²) in [6.45, 7) is 0.498. The Bertz CT molecular complexity index is 1000. The van der Waals surface area contributed by atoms with Crippen LogP contribution in [0.2, 0.25) is 0 Å². The first-order valence-electron chi connectivity index (χ1n) is 10.7. The second-order valence-corrected chi connectivity index (χ2v) is 8.72. The Hall–Kier alpha value is -2.75. The van der Waals surface area contributed by atoms with Gasteiger partial charge < -0.3 is 15.2 Å². The number of ether oxygens (including phenoxy) is 1. The monoisotopic (exact) mass is 422 g/mol. The molecule has 0 bridgehead atoms. The third-order valence-electron chi connectivity index (χ3n) is 6.89. The number of para-hydroxylation sites is 1. The highest BCUT2D eigenvalue weighted by Crippen LogP contribution is 2.52. The van der Waals surface area contributed by atoms with Gasteiger partial charge in [0, 0.05) is 30.9 Å². The Kier molecular flexibility index (Phi) is 6.08. The predicted octanol–water partition coefficient (Wildman–Crippen LogP) is 3.36. The minimum absolute atomic E-state index is 0.0157. The topological polar surface area (TPSA) is 82.3 Å². The number of nitriles is 1. The van der Waals surface area contributed by atoms with Crippen LogP contribution in [0, 0.1) is 34.9 Å². The van der Waals surface area contributed by atoms with Crippen molar-refractivity contribution in [2.75, 3.05) is 13.7 Å². The fourth-order valence-corrected chi connectivity index (χ4v) is 5.58. The van der Waals surface area contributed by atoms with E-state index in [9.17, 15) is 19.6 Å². The van der Waals surface area contributed by atoms with E-state index >= 15 is 0 Å². The molecule has 1 saturated carbocycles. The maximum atomic E-state index is 13.6. The van der Waals surface area contributed by atoms with Gasteiger partial charge in [0.2, 0.25) is 0 Å². The Morgan fingerprint density at radius 3 is 2.87 bits per heavy atom. The summed E-state index contributed by atoms with van der Waals surface area (Å²) in [5.74, 6) is -0.0809. The van der Waals surface area contributed by atoms with Gasteiger partial charge in [-0.2, -0.15) is 5.26 Å². The molecule has 1 aliphatic carbocycles. The quantitative estimate of drug-likeness (QED) is 0.746. The number of benzene rings is 2. The molecule has 0 spiro atoms. The molecule has 2 N–H and O–H groups in total. The van der Waals surface area contributed by atoms with E-state index in [1.165, 1.54) is 12.1 Å². The summed E-state index contributed by atoms with van der Waals surface area (Å²) >= 11 is 0. The number of nitrogens with zero attached hydrogens (tertiary/aromatic N) is 1. The Balaban J connectivity index is 1.64. The fourth-order valence-electron chi connectivity index (χ4n) is 5.58. The van der Waals surface area contributed by atoms with E-state index in [-0.39, 0.29) is 35.8 Å². The molecular weight excluding hydrogens is 395 g/mol. The van der Waals surface area contributed by atoms with Gasteiger partial charge in [-0.3, -0.25) is 4.79 Å². The number of nitrogens with one attached hydrogen (secondary N) is 1. The van der Waals surface area contributed by atoms with Crippen molar-refractivity contribution in [1.82, 2.24) is 5.32 Å².